The summed E-state index contributed by atoms with van der Waals surface area (Å²) in [7, 11) is 1.42. The topological polar surface area (TPSA) is 75.6 Å². The SMILES string of the molecule is COCC(C)(CC(=O)O)NC(=O)Cc1ccccc1F. The zero-order chi connectivity index (χ0) is 15.2. The van der Waals surface area contributed by atoms with Crippen LogP contribution in [0.15, 0.2) is 24.3 Å². The fourth-order valence-electron chi connectivity index (χ4n) is 1.98. The van der Waals surface area contributed by atoms with Crippen LogP contribution in [0.3, 0.4) is 0 Å². The van der Waals surface area contributed by atoms with Crippen molar-refractivity contribution in [2.75, 3.05) is 13.7 Å². The number of aliphatic carboxylic acids is 1. The molecule has 1 unspecified atom stereocenters. The third kappa shape index (κ3) is 4.97. The van der Waals surface area contributed by atoms with Gasteiger partial charge in [0, 0.05) is 7.11 Å². The van der Waals surface area contributed by atoms with Gasteiger partial charge in [-0.05, 0) is 18.6 Å². The maximum Gasteiger partial charge on any atom is 0.305 e. The number of carboxylic acid groups (broad SMARTS) is 1. The van der Waals surface area contributed by atoms with E-state index in [1.807, 2.05) is 0 Å². The van der Waals surface area contributed by atoms with Crippen molar-refractivity contribution in [1.29, 1.82) is 0 Å². The second kappa shape index (κ2) is 7.00. The van der Waals surface area contributed by atoms with Crippen LogP contribution in [-0.2, 0) is 20.7 Å². The first-order valence-corrected chi connectivity index (χ1v) is 6.11. The number of nitrogens with one attached hydrogen (secondary N) is 1. The highest BCUT2D eigenvalue weighted by Gasteiger charge is 2.29. The van der Waals surface area contributed by atoms with E-state index in [9.17, 15) is 14.0 Å². The third-order valence-electron chi connectivity index (χ3n) is 2.75. The molecule has 6 heteroatoms. The molecule has 0 aliphatic rings. The van der Waals surface area contributed by atoms with E-state index in [4.69, 9.17) is 9.84 Å². The Kier molecular flexibility index (Phi) is 5.64. The van der Waals surface area contributed by atoms with Gasteiger partial charge in [-0.1, -0.05) is 18.2 Å². The van der Waals surface area contributed by atoms with Crippen LogP contribution in [0.5, 0.6) is 0 Å². The van der Waals surface area contributed by atoms with Crippen molar-refractivity contribution in [3.05, 3.63) is 35.6 Å². The fourth-order valence-corrected chi connectivity index (χ4v) is 1.98. The Balaban J connectivity index is 2.71. The van der Waals surface area contributed by atoms with E-state index in [2.05, 4.69) is 5.32 Å². The van der Waals surface area contributed by atoms with Gasteiger partial charge in [0.2, 0.25) is 5.91 Å². The third-order valence-corrected chi connectivity index (χ3v) is 2.75. The van der Waals surface area contributed by atoms with Gasteiger partial charge < -0.3 is 15.2 Å². The summed E-state index contributed by atoms with van der Waals surface area (Å²) < 4.78 is 18.4. The van der Waals surface area contributed by atoms with Crippen LogP contribution >= 0.6 is 0 Å². The van der Waals surface area contributed by atoms with Crippen LogP contribution in [0.25, 0.3) is 0 Å². The lowest BCUT2D eigenvalue weighted by molar-refractivity contribution is -0.139. The summed E-state index contributed by atoms with van der Waals surface area (Å²) >= 11 is 0. The van der Waals surface area contributed by atoms with Crippen LogP contribution in [-0.4, -0.2) is 36.2 Å². The molecule has 110 valence electrons. The van der Waals surface area contributed by atoms with Crippen LogP contribution in [0.1, 0.15) is 18.9 Å². The highest BCUT2D eigenvalue weighted by Crippen LogP contribution is 2.12. The van der Waals surface area contributed by atoms with Crippen LogP contribution < -0.4 is 5.32 Å². The second-order valence-electron chi connectivity index (χ2n) is 4.88. The van der Waals surface area contributed by atoms with Crippen molar-refractivity contribution in [3.63, 3.8) is 0 Å². The minimum Gasteiger partial charge on any atom is -0.481 e. The van der Waals surface area contributed by atoms with Gasteiger partial charge in [-0.2, -0.15) is 0 Å². The summed E-state index contributed by atoms with van der Waals surface area (Å²) in [6.45, 7) is 1.63. The molecule has 0 aromatic heterocycles. The molecule has 0 saturated carbocycles. The Morgan fingerprint density at radius 3 is 2.60 bits per heavy atom. The lowest BCUT2D eigenvalue weighted by Crippen LogP contribution is -2.51. The number of hydrogen-bond donors (Lipinski definition) is 2. The van der Waals surface area contributed by atoms with Crippen molar-refractivity contribution >= 4 is 11.9 Å². The Morgan fingerprint density at radius 2 is 2.05 bits per heavy atom. The number of rotatable bonds is 7. The molecule has 0 saturated heterocycles. The minimum absolute atomic E-state index is 0.0578. The highest BCUT2D eigenvalue weighted by atomic mass is 19.1. The summed E-state index contributed by atoms with van der Waals surface area (Å²) in [5.41, 5.74) is -0.761. The molecule has 0 spiro atoms. The zero-order valence-electron chi connectivity index (χ0n) is 11.5. The van der Waals surface area contributed by atoms with E-state index in [-0.39, 0.29) is 25.0 Å². The van der Waals surface area contributed by atoms with Crippen molar-refractivity contribution in [2.45, 2.75) is 25.3 Å². The van der Waals surface area contributed by atoms with Crippen molar-refractivity contribution in [1.82, 2.24) is 5.32 Å². The van der Waals surface area contributed by atoms with Crippen molar-refractivity contribution < 1.29 is 23.8 Å². The normalized spacial score (nSPS) is 13.6. The average Bonchev–Trinajstić information content (AvgIpc) is 2.30. The predicted molar refractivity (Wildman–Crippen MR) is 70.8 cm³/mol. The molecular formula is C14H18FNO4. The molecule has 20 heavy (non-hydrogen) atoms. The van der Waals surface area contributed by atoms with Gasteiger partial charge in [-0.15, -0.1) is 0 Å². The molecule has 5 nitrogen and oxygen atoms in total. The number of hydrogen-bond acceptors (Lipinski definition) is 3. The monoisotopic (exact) mass is 283 g/mol. The molecule has 1 rings (SSSR count). The molecule has 0 aliphatic heterocycles. The molecule has 0 aliphatic carbocycles. The van der Waals surface area contributed by atoms with Gasteiger partial charge in [-0.25, -0.2) is 4.39 Å². The van der Waals surface area contributed by atoms with Crippen molar-refractivity contribution in [3.8, 4) is 0 Å². The summed E-state index contributed by atoms with van der Waals surface area (Å²) in [5, 5.41) is 11.4. The number of methoxy groups -OCH3 is 1. The molecule has 1 amide bonds. The Morgan fingerprint density at radius 1 is 1.40 bits per heavy atom. The summed E-state index contributed by atoms with van der Waals surface area (Å²) in [5.74, 6) is -1.96. The van der Waals surface area contributed by atoms with Crippen LogP contribution in [0.4, 0.5) is 4.39 Å². The second-order valence-corrected chi connectivity index (χ2v) is 4.88. The van der Waals surface area contributed by atoms with Gasteiger partial charge >= 0.3 is 5.97 Å². The number of amides is 1. The molecule has 2 N–H and O–H groups in total. The molecule has 1 aromatic carbocycles. The Bertz CT molecular complexity index is 492. The van der Waals surface area contributed by atoms with Gasteiger partial charge in [0.1, 0.15) is 5.82 Å². The van der Waals surface area contributed by atoms with E-state index in [0.29, 0.717) is 0 Å². The van der Waals surface area contributed by atoms with Gasteiger partial charge in [0.25, 0.3) is 0 Å². The van der Waals surface area contributed by atoms with E-state index in [1.54, 1.807) is 13.0 Å². The molecule has 1 aromatic rings. The maximum atomic E-state index is 13.4. The first-order chi connectivity index (χ1) is 9.36. The van der Waals surface area contributed by atoms with E-state index in [1.165, 1.54) is 25.3 Å². The Hall–Kier alpha value is -1.95. The zero-order valence-corrected chi connectivity index (χ0v) is 11.5. The maximum absolute atomic E-state index is 13.4. The van der Waals surface area contributed by atoms with Gasteiger partial charge in [-0.3, -0.25) is 9.59 Å². The molecule has 0 fully saturated rings. The smallest absolute Gasteiger partial charge is 0.305 e. The highest BCUT2D eigenvalue weighted by molar-refractivity contribution is 5.80. The minimum atomic E-state index is -1.05. The summed E-state index contributed by atoms with van der Waals surface area (Å²) in [6.07, 6.45) is -0.421. The predicted octanol–water partition coefficient (Wildman–Crippen LogP) is 1.36. The van der Waals surface area contributed by atoms with Gasteiger partial charge in [0.15, 0.2) is 0 Å². The molecule has 0 bridgehead atoms. The van der Waals surface area contributed by atoms with E-state index in [0.717, 1.165) is 0 Å². The number of ether oxygens (including phenoxy) is 1. The quantitative estimate of drug-likeness (QED) is 0.792. The van der Waals surface area contributed by atoms with Crippen molar-refractivity contribution in [2.24, 2.45) is 0 Å². The Labute approximate surface area is 116 Å². The van der Waals surface area contributed by atoms with Gasteiger partial charge in [0.05, 0.1) is 25.0 Å². The summed E-state index contributed by atoms with van der Waals surface area (Å²) in [4.78, 5) is 22.7. The molecule has 0 heterocycles. The standard InChI is InChI=1S/C14H18FNO4/c1-14(9-20-2,8-13(18)19)16-12(17)7-10-5-3-4-6-11(10)15/h3-6H,7-9H2,1-2H3,(H,16,17)(H,18,19). The van der Waals surface area contributed by atoms with E-state index >= 15 is 0 Å². The number of carboxylic acids is 1. The average molecular weight is 283 g/mol. The summed E-state index contributed by atoms with van der Waals surface area (Å²) in [6, 6.07) is 5.96. The lowest BCUT2D eigenvalue weighted by atomic mass is 9.98. The number of carbonyl (C=O) groups excluding carboxylic acids is 1. The largest absolute Gasteiger partial charge is 0.481 e. The van der Waals surface area contributed by atoms with Crippen LogP contribution in [0.2, 0.25) is 0 Å². The number of halogens is 1. The number of carbonyl (C=O) groups is 2. The van der Waals surface area contributed by atoms with E-state index < -0.39 is 23.2 Å². The first kappa shape index (κ1) is 16.1. The number of benzene rings is 1. The molecule has 0 radical (unpaired) electrons. The lowest BCUT2D eigenvalue weighted by Gasteiger charge is -2.28. The fraction of sp³-hybridized carbons (Fsp3) is 0.429. The van der Waals surface area contributed by atoms with Crippen LogP contribution in [0, 0.1) is 5.82 Å². The molecular weight excluding hydrogens is 265 g/mol. The molecule has 1 atom stereocenters. The first-order valence-electron chi connectivity index (χ1n) is 6.11.